The molecule has 1 aromatic heterocycles. The molecule has 1 saturated carbocycles. The third-order valence-corrected chi connectivity index (χ3v) is 6.54. The van der Waals surface area contributed by atoms with E-state index >= 15 is 0 Å². The molecule has 4 aromatic rings. The van der Waals surface area contributed by atoms with Crippen LogP contribution in [0.1, 0.15) is 37.0 Å². The molecule has 1 aliphatic carbocycles. The third-order valence-electron chi connectivity index (χ3n) is 6.54. The summed E-state index contributed by atoms with van der Waals surface area (Å²) in [6, 6.07) is 25.3. The molecule has 1 fully saturated rings. The summed E-state index contributed by atoms with van der Waals surface area (Å²) in [5.74, 6) is 0.227. The number of esters is 1. The van der Waals surface area contributed by atoms with Crippen LogP contribution in [0, 0.1) is 0 Å². The second kappa shape index (κ2) is 9.65. The maximum atomic E-state index is 12.4. The van der Waals surface area contributed by atoms with E-state index in [0.29, 0.717) is 5.82 Å². The van der Waals surface area contributed by atoms with E-state index in [0.717, 1.165) is 40.8 Å². The van der Waals surface area contributed by atoms with Crippen LogP contribution in [-0.4, -0.2) is 34.2 Å². The zero-order valence-electron chi connectivity index (χ0n) is 20.0. The van der Waals surface area contributed by atoms with Crippen molar-refractivity contribution in [1.82, 2.24) is 15.0 Å². The number of methoxy groups -OCH3 is 1. The summed E-state index contributed by atoms with van der Waals surface area (Å²) in [6.07, 6.45) is 2.12. The highest BCUT2D eigenvalue weighted by atomic mass is 16.6. The maximum absolute atomic E-state index is 12.4. The molecule has 8 heteroatoms. The zero-order chi connectivity index (χ0) is 25.1. The number of anilines is 1. The van der Waals surface area contributed by atoms with Crippen LogP contribution in [0.15, 0.2) is 85.1 Å². The van der Waals surface area contributed by atoms with Gasteiger partial charge in [0.1, 0.15) is 6.10 Å². The van der Waals surface area contributed by atoms with Gasteiger partial charge in [-0.1, -0.05) is 71.9 Å². The molecular formula is C28H26N4O4. The first-order valence-electron chi connectivity index (χ1n) is 11.7. The Hall–Kier alpha value is -4.46. The second-order valence-corrected chi connectivity index (χ2v) is 8.81. The lowest BCUT2D eigenvalue weighted by Crippen LogP contribution is -2.21. The van der Waals surface area contributed by atoms with Crippen molar-refractivity contribution in [2.45, 2.75) is 31.3 Å². The molecule has 0 saturated heterocycles. The molecule has 36 heavy (non-hydrogen) atoms. The minimum absolute atomic E-state index is 0.171. The first-order chi connectivity index (χ1) is 17.5. The Morgan fingerprint density at radius 3 is 2.19 bits per heavy atom. The smallest absolute Gasteiger partial charge is 0.413 e. The van der Waals surface area contributed by atoms with Crippen LogP contribution in [0.2, 0.25) is 0 Å². The summed E-state index contributed by atoms with van der Waals surface area (Å²) < 4.78 is 12.0. The van der Waals surface area contributed by atoms with Crippen LogP contribution in [0.25, 0.3) is 16.8 Å². The number of carbonyl (C=O) groups excluding carboxylic acids is 2. The molecule has 3 aromatic carbocycles. The topological polar surface area (TPSA) is 95.3 Å². The van der Waals surface area contributed by atoms with Crippen molar-refractivity contribution >= 4 is 17.9 Å². The first-order valence-corrected chi connectivity index (χ1v) is 11.7. The molecule has 0 aliphatic heterocycles. The maximum Gasteiger partial charge on any atom is 0.413 e. The van der Waals surface area contributed by atoms with Gasteiger partial charge in [-0.3, -0.25) is 10.1 Å². The summed E-state index contributed by atoms with van der Waals surface area (Å²) in [7, 11) is 1.43. The summed E-state index contributed by atoms with van der Waals surface area (Å²) in [5.41, 5.74) is 4.19. The lowest BCUT2D eigenvalue weighted by molar-refractivity contribution is -0.143. The average molecular weight is 483 g/mol. The van der Waals surface area contributed by atoms with Crippen molar-refractivity contribution in [2.75, 3.05) is 12.4 Å². The molecule has 0 bridgehead atoms. The lowest BCUT2D eigenvalue weighted by Gasteiger charge is -2.15. The molecular weight excluding hydrogens is 456 g/mol. The lowest BCUT2D eigenvalue weighted by atomic mass is 9.94. The van der Waals surface area contributed by atoms with Gasteiger partial charge in [-0.15, -0.1) is 5.10 Å². The highest BCUT2D eigenvalue weighted by molar-refractivity contribution is 5.87. The number of benzene rings is 3. The van der Waals surface area contributed by atoms with Crippen LogP contribution < -0.4 is 5.32 Å². The quantitative estimate of drug-likeness (QED) is 0.352. The zero-order valence-corrected chi connectivity index (χ0v) is 20.0. The van der Waals surface area contributed by atoms with Crippen LogP contribution in [0.3, 0.4) is 0 Å². The SMILES string of the molecule is COC(=O)C1(c2ccc(-c3ccc(-n4nncc4NC(=O)OC(C)c4ccccc4)cc3)cc2)CC1. The van der Waals surface area contributed by atoms with E-state index in [2.05, 4.69) is 15.6 Å². The fourth-order valence-electron chi connectivity index (χ4n) is 4.31. The fourth-order valence-corrected chi connectivity index (χ4v) is 4.31. The largest absolute Gasteiger partial charge is 0.468 e. The number of nitrogens with one attached hydrogen (secondary N) is 1. The average Bonchev–Trinajstić information content (AvgIpc) is 3.61. The van der Waals surface area contributed by atoms with Crippen molar-refractivity contribution in [3.05, 3.63) is 96.2 Å². The van der Waals surface area contributed by atoms with E-state index in [9.17, 15) is 9.59 Å². The Bertz CT molecular complexity index is 1360. The highest BCUT2D eigenvalue weighted by Crippen LogP contribution is 2.49. The van der Waals surface area contributed by atoms with Gasteiger partial charge in [0.15, 0.2) is 5.82 Å². The Kier molecular flexibility index (Phi) is 6.25. The predicted octanol–water partition coefficient (Wildman–Crippen LogP) is 5.45. The normalized spacial score (nSPS) is 14.5. The Balaban J connectivity index is 1.27. The number of rotatable bonds is 7. The molecule has 0 spiro atoms. The van der Waals surface area contributed by atoms with Gasteiger partial charge >= 0.3 is 12.1 Å². The van der Waals surface area contributed by atoms with Gasteiger partial charge in [0.05, 0.1) is 24.4 Å². The van der Waals surface area contributed by atoms with Gasteiger partial charge in [-0.25, -0.2) is 4.79 Å². The van der Waals surface area contributed by atoms with Crippen molar-refractivity contribution < 1.29 is 19.1 Å². The minimum Gasteiger partial charge on any atom is -0.468 e. The van der Waals surface area contributed by atoms with Gasteiger partial charge in [-0.2, -0.15) is 4.68 Å². The molecule has 0 radical (unpaired) electrons. The Labute approximate surface area is 208 Å². The van der Waals surface area contributed by atoms with Crippen LogP contribution in [0.5, 0.6) is 0 Å². The first kappa shape index (κ1) is 23.3. The number of nitrogens with zero attached hydrogens (tertiary/aromatic N) is 3. The van der Waals surface area contributed by atoms with Gasteiger partial charge < -0.3 is 9.47 Å². The highest BCUT2D eigenvalue weighted by Gasteiger charge is 2.52. The van der Waals surface area contributed by atoms with E-state index in [1.54, 1.807) is 0 Å². The molecule has 1 aliphatic rings. The number of hydrogen-bond donors (Lipinski definition) is 1. The molecule has 182 valence electrons. The number of ether oxygens (including phenoxy) is 2. The van der Waals surface area contributed by atoms with E-state index in [1.165, 1.54) is 18.0 Å². The van der Waals surface area contributed by atoms with Crippen molar-refractivity contribution in [3.8, 4) is 16.8 Å². The molecule has 1 heterocycles. The molecule has 5 rings (SSSR count). The predicted molar refractivity (Wildman–Crippen MR) is 135 cm³/mol. The van der Waals surface area contributed by atoms with E-state index in [4.69, 9.17) is 9.47 Å². The van der Waals surface area contributed by atoms with Crippen molar-refractivity contribution in [1.29, 1.82) is 0 Å². The summed E-state index contributed by atoms with van der Waals surface area (Å²) in [4.78, 5) is 24.6. The number of aromatic nitrogens is 3. The van der Waals surface area contributed by atoms with Crippen molar-refractivity contribution in [2.24, 2.45) is 0 Å². The monoisotopic (exact) mass is 482 g/mol. The van der Waals surface area contributed by atoms with Crippen LogP contribution in [-0.2, 0) is 19.7 Å². The molecule has 1 amide bonds. The Morgan fingerprint density at radius 2 is 1.58 bits per heavy atom. The van der Waals surface area contributed by atoms with E-state index in [1.807, 2.05) is 85.8 Å². The van der Waals surface area contributed by atoms with Gasteiger partial charge in [-0.05, 0) is 54.2 Å². The summed E-state index contributed by atoms with van der Waals surface area (Å²) >= 11 is 0. The van der Waals surface area contributed by atoms with Gasteiger partial charge in [0, 0.05) is 0 Å². The van der Waals surface area contributed by atoms with Gasteiger partial charge in [0.25, 0.3) is 0 Å². The number of carbonyl (C=O) groups is 2. The van der Waals surface area contributed by atoms with Gasteiger partial charge in [0.2, 0.25) is 0 Å². The Morgan fingerprint density at radius 1 is 0.944 bits per heavy atom. The molecule has 8 nitrogen and oxygen atoms in total. The molecule has 1 atom stereocenters. The van der Waals surface area contributed by atoms with E-state index < -0.39 is 17.6 Å². The standard InChI is InChI=1S/C28H26N4O4/c1-19(20-6-4-3-5-7-20)36-27(34)30-25-18-29-31-32(25)24-14-10-22(11-15-24)21-8-12-23(13-9-21)28(16-17-28)26(33)35-2/h3-15,18-19H,16-17H2,1-2H3,(H,30,34). The number of amides is 1. The molecule has 1 unspecified atom stereocenters. The van der Waals surface area contributed by atoms with Crippen LogP contribution in [0.4, 0.5) is 10.6 Å². The fraction of sp³-hybridized carbons (Fsp3) is 0.214. The summed E-state index contributed by atoms with van der Waals surface area (Å²) in [5, 5.41) is 10.8. The summed E-state index contributed by atoms with van der Waals surface area (Å²) in [6.45, 7) is 1.82. The minimum atomic E-state index is -0.591. The van der Waals surface area contributed by atoms with Crippen LogP contribution >= 0.6 is 0 Å². The molecule has 1 N–H and O–H groups in total. The van der Waals surface area contributed by atoms with Crippen molar-refractivity contribution in [3.63, 3.8) is 0 Å². The second-order valence-electron chi connectivity index (χ2n) is 8.81. The van der Waals surface area contributed by atoms with E-state index in [-0.39, 0.29) is 5.97 Å². The number of hydrogen-bond acceptors (Lipinski definition) is 6. The third kappa shape index (κ3) is 4.57.